The van der Waals surface area contributed by atoms with Crippen LogP contribution >= 0.6 is 0 Å². The average Bonchev–Trinajstić information content (AvgIpc) is 2.71. The molecule has 0 saturated heterocycles. The quantitative estimate of drug-likeness (QED) is 0.454. The zero-order chi connectivity index (χ0) is 20.1. The van der Waals surface area contributed by atoms with Crippen molar-refractivity contribution in [2.45, 2.75) is 13.0 Å². The highest BCUT2D eigenvalue weighted by atomic mass is 16.6. The van der Waals surface area contributed by atoms with E-state index < -0.39 is 4.92 Å². The van der Waals surface area contributed by atoms with Crippen LogP contribution in [0.2, 0.25) is 0 Å². The molecule has 0 unspecified atom stereocenters. The van der Waals surface area contributed by atoms with E-state index >= 15 is 0 Å². The Morgan fingerprint density at radius 2 is 1.82 bits per heavy atom. The van der Waals surface area contributed by atoms with E-state index in [9.17, 15) is 19.7 Å². The molecule has 1 heterocycles. The topological polar surface area (TPSA) is 83.8 Å². The van der Waals surface area contributed by atoms with E-state index in [2.05, 4.69) is 6.07 Å². The van der Waals surface area contributed by atoms with E-state index in [0.717, 1.165) is 12.0 Å². The van der Waals surface area contributed by atoms with Gasteiger partial charge in [0.1, 0.15) is 0 Å². The van der Waals surface area contributed by atoms with Gasteiger partial charge in [-0.15, -0.1) is 0 Å². The minimum absolute atomic E-state index is 0.00528. The maximum absolute atomic E-state index is 12.5. The molecule has 0 aliphatic carbocycles. The van der Waals surface area contributed by atoms with Crippen molar-refractivity contribution in [2.24, 2.45) is 0 Å². The summed E-state index contributed by atoms with van der Waals surface area (Å²) in [7, 11) is 1.58. The second-order valence-electron chi connectivity index (χ2n) is 6.71. The van der Waals surface area contributed by atoms with Gasteiger partial charge in [-0.1, -0.05) is 24.3 Å². The summed E-state index contributed by atoms with van der Waals surface area (Å²) in [6.45, 7) is 1.22. The average molecular weight is 379 g/mol. The van der Waals surface area contributed by atoms with Crippen LogP contribution in [0.3, 0.4) is 0 Å². The monoisotopic (exact) mass is 379 g/mol. The van der Waals surface area contributed by atoms with E-state index in [0.29, 0.717) is 18.7 Å². The lowest BCUT2D eigenvalue weighted by Crippen LogP contribution is -2.42. The molecule has 1 aliphatic heterocycles. The molecule has 0 N–H and O–H groups in total. The normalized spacial score (nSPS) is 13.2. The smallest absolute Gasteiger partial charge is 0.269 e. The number of nitro benzene ring substituents is 1. The van der Waals surface area contributed by atoms with Crippen molar-refractivity contribution in [1.82, 2.24) is 9.80 Å². The molecule has 0 saturated carbocycles. The summed E-state index contributed by atoms with van der Waals surface area (Å²) in [4.78, 5) is 38.1. The number of hydrogen-bond acceptors (Lipinski definition) is 4. The summed E-state index contributed by atoms with van der Waals surface area (Å²) in [5.41, 5.74) is 3.08. The molecule has 144 valence electrons. The largest absolute Gasteiger partial charge is 0.336 e. The van der Waals surface area contributed by atoms with Gasteiger partial charge in [-0.3, -0.25) is 19.7 Å². The van der Waals surface area contributed by atoms with Crippen LogP contribution in [0.5, 0.6) is 0 Å². The van der Waals surface area contributed by atoms with Crippen molar-refractivity contribution < 1.29 is 14.5 Å². The van der Waals surface area contributed by atoms with Crippen LogP contribution in [-0.4, -0.2) is 46.7 Å². The third-order valence-corrected chi connectivity index (χ3v) is 4.75. The lowest BCUT2D eigenvalue weighted by atomic mass is 10.00. The molecular formula is C21H21N3O4. The van der Waals surface area contributed by atoms with E-state index in [4.69, 9.17) is 0 Å². The first-order valence-corrected chi connectivity index (χ1v) is 8.96. The molecule has 28 heavy (non-hydrogen) atoms. The molecule has 0 fully saturated rings. The van der Waals surface area contributed by atoms with Gasteiger partial charge in [0.05, 0.1) is 11.5 Å². The SMILES string of the molecule is CN(CC(=O)N1CCc2ccccc2C1)C(=O)/C=C/c1ccc([N+](=O)[O-])cc1. The third-order valence-electron chi connectivity index (χ3n) is 4.75. The summed E-state index contributed by atoms with van der Waals surface area (Å²) in [6.07, 6.45) is 3.75. The van der Waals surface area contributed by atoms with Crippen LogP contribution in [0.1, 0.15) is 16.7 Å². The first kappa shape index (κ1) is 19.3. The Morgan fingerprint density at radius 3 is 2.50 bits per heavy atom. The van der Waals surface area contributed by atoms with E-state index in [-0.39, 0.29) is 24.0 Å². The van der Waals surface area contributed by atoms with Crippen molar-refractivity contribution in [3.05, 3.63) is 81.4 Å². The van der Waals surface area contributed by atoms with Crippen LogP contribution in [0, 0.1) is 10.1 Å². The van der Waals surface area contributed by atoms with Gasteiger partial charge in [-0.25, -0.2) is 0 Å². The number of carbonyl (C=O) groups excluding carboxylic acids is 2. The van der Waals surface area contributed by atoms with Gasteiger partial charge in [-0.05, 0) is 41.3 Å². The number of fused-ring (bicyclic) bond motifs is 1. The molecule has 0 aromatic heterocycles. The fraction of sp³-hybridized carbons (Fsp3) is 0.238. The van der Waals surface area contributed by atoms with E-state index in [1.807, 2.05) is 18.2 Å². The Morgan fingerprint density at radius 1 is 1.14 bits per heavy atom. The fourth-order valence-corrected chi connectivity index (χ4v) is 3.09. The second kappa shape index (κ2) is 8.47. The summed E-state index contributed by atoms with van der Waals surface area (Å²) in [5.74, 6) is -0.391. The molecule has 0 bridgehead atoms. The highest BCUT2D eigenvalue weighted by Gasteiger charge is 2.22. The number of benzene rings is 2. The van der Waals surface area contributed by atoms with Crippen molar-refractivity contribution >= 4 is 23.6 Å². The predicted molar refractivity (Wildman–Crippen MR) is 105 cm³/mol. The Balaban J connectivity index is 1.55. The number of hydrogen-bond donors (Lipinski definition) is 0. The minimum atomic E-state index is -0.475. The number of non-ortho nitro benzene ring substituents is 1. The molecule has 2 aromatic rings. The lowest BCUT2D eigenvalue weighted by Gasteiger charge is -2.30. The van der Waals surface area contributed by atoms with Crippen molar-refractivity contribution in [3.63, 3.8) is 0 Å². The number of carbonyl (C=O) groups is 2. The maximum atomic E-state index is 12.5. The molecule has 2 amide bonds. The molecule has 3 rings (SSSR count). The summed E-state index contributed by atoms with van der Waals surface area (Å²) in [6, 6.07) is 14.0. The van der Waals surface area contributed by atoms with Crippen molar-refractivity contribution in [2.75, 3.05) is 20.1 Å². The molecule has 0 spiro atoms. The third kappa shape index (κ3) is 4.62. The second-order valence-corrected chi connectivity index (χ2v) is 6.71. The van der Waals surface area contributed by atoms with Gasteiger partial charge in [0, 0.05) is 38.3 Å². The molecule has 1 aliphatic rings. The number of amides is 2. The number of likely N-dealkylation sites (N-methyl/N-ethyl adjacent to an activating group) is 1. The molecule has 0 radical (unpaired) electrons. The molecule has 7 heteroatoms. The van der Waals surface area contributed by atoms with Gasteiger partial charge >= 0.3 is 0 Å². The Kier molecular flexibility index (Phi) is 5.84. The number of nitro groups is 1. The van der Waals surface area contributed by atoms with Gasteiger partial charge < -0.3 is 9.80 Å². The maximum Gasteiger partial charge on any atom is 0.269 e. The zero-order valence-corrected chi connectivity index (χ0v) is 15.6. The van der Waals surface area contributed by atoms with Crippen LogP contribution in [-0.2, 0) is 22.6 Å². The van der Waals surface area contributed by atoms with Crippen LogP contribution in [0.4, 0.5) is 5.69 Å². The summed E-state index contributed by atoms with van der Waals surface area (Å²) < 4.78 is 0. The standard InChI is InChI=1S/C21H21N3O4/c1-22(20(25)11-8-16-6-9-19(10-7-16)24(27)28)15-21(26)23-13-12-17-4-2-3-5-18(17)14-23/h2-11H,12-15H2,1H3/b11-8+. The fourth-order valence-electron chi connectivity index (χ4n) is 3.09. The molecule has 0 atom stereocenters. The predicted octanol–water partition coefficient (Wildman–Crippen LogP) is 2.65. The van der Waals surface area contributed by atoms with E-state index in [1.54, 1.807) is 30.2 Å². The van der Waals surface area contributed by atoms with Crippen molar-refractivity contribution in [1.29, 1.82) is 0 Å². The van der Waals surface area contributed by atoms with Gasteiger partial charge in [0.15, 0.2) is 0 Å². The summed E-state index contributed by atoms with van der Waals surface area (Å²) in [5, 5.41) is 10.7. The minimum Gasteiger partial charge on any atom is -0.336 e. The van der Waals surface area contributed by atoms with E-state index in [1.165, 1.54) is 28.7 Å². The summed E-state index contributed by atoms with van der Waals surface area (Å²) >= 11 is 0. The van der Waals surface area contributed by atoms with Crippen LogP contribution in [0.25, 0.3) is 6.08 Å². The number of nitrogens with zero attached hydrogens (tertiary/aromatic N) is 3. The first-order valence-electron chi connectivity index (χ1n) is 8.96. The highest BCUT2D eigenvalue weighted by molar-refractivity contribution is 5.94. The Bertz CT molecular complexity index is 922. The highest BCUT2D eigenvalue weighted by Crippen LogP contribution is 2.18. The number of rotatable bonds is 5. The lowest BCUT2D eigenvalue weighted by molar-refractivity contribution is -0.384. The molecule has 2 aromatic carbocycles. The van der Waals surface area contributed by atoms with Gasteiger partial charge in [0.2, 0.25) is 11.8 Å². The first-order chi connectivity index (χ1) is 13.4. The zero-order valence-electron chi connectivity index (χ0n) is 15.6. The molecule has 7 nitrogen and oxygen atoms in total. The Hall–Kier alpha value is -3.48. The molecular weight excluding hydrogens is 358 g/mol. The van der Waals surface area contributed by atoms with Crippen molar-refractivity contribution in [3.8, 4) is 0 Å². The van der Waals surface area contributed by atoms with Crippen LogP contribution in [0.15, 0.2) is 54.6 Å². The van der Waals surface area contributed by atoms with Crippen LogP contribution < -0.4 is 0 Å². The Labute approximate surface area is 163 Å². The van der Waals surface area contributed by atoms with Gasteiger partial charge in [-0.2, -0.15) is 0 Å². The van der Waals surface area contributed by atoms with Gasteiger partial charge in [0.25, 0.3) is 5.69 Å².